The summed E-state index contributed by atoms with van der Waals surface area (Å²) >= 11 is 12.1. The minimum Gasteiger partial charge on any atom is -0.311 e. The molecule has 0 aromatic heterocycles. The second-order valence-electron chi connectivity index (χ2n) is 5.31. The fourth-order valence-corrected chi connectivity index (χ4v) is 3.04. The Balaban J connectivity index is 1.76. The molecule has 1 N–H and O–H groups in total. The van der Waals surface area contributed by atoms with Crippen molar-refractivity contribution in [3.8, 4) is 0 Å². The van der Waals surface area contributed by atoms with Gasteiger partial charge in [0.25, 0.3) is 0 Å². The monoisotopic (exact) mass is 300 g/mol. The van der Waals surface area contributed by atoms with E-state index in [2.05, 4.69) is 17.1 Å². The lowest BCUT2D eigenvalue weighted by Crippen LogP contribution is -2.42. The molecule has 0 aliphatic carbocycles. The van der Waals surface area contributed by atoms with Gasteiger partial charge in [0.2, 0.25) is 0 Å². The van der Waals surface area contributed by atoms with Gasteiger partial charge < -0.3 is 5.32 Å². The Morgan fingerprint density at radius 3 is 2.63 bits per heavy atom. The Kier molecular flexibility index (Phi) is 5.96. The van der Waals surface area contributed by atoms with Crippen LogP contribution in [0.3, 0.4) is 0 Å². The minimum atomic E-state index is 0.589. The van der Waals surface area contributed by atoms with E-state index in [0.717, 1.165) is 23.7 Å². The Labute approximate surface area is 126 Å². The first kappa shape index (κ1) is 15.1. The van der Waals surface area contributed by atoms with E-state index >= 15 is 0 Å². The molecule has 0 bridgehead atoms. The summed E-state index contributed by atoms with van der Waals surface area (Å²) < 4.78 is 0. The largest absolute Gasteiger partial charge is 0.311 e. The van der Waals surface area contributed by atoms with Crippen molar-refractivity contribution in [1.29, 1.82) is 0 Å². The first-order valence-electron chi connectivity index (χ1n) is 7.05. The molecule has 4 heteroatoms. The van der Waals surface area contributed by atoms with Crippen LogP contribution in [0.1, 0.15) is 31.7 Å². The number of hydrogen-bond acceptors (Lipinski definition) is 2. The molecule has 19 heavy (non-hydrogen) atoms. The third-order valence-electron chi connectivity index (χ3n) is 3.78. The molecule has 0 amide bonds. The van der Waals surface area contributed by atoms with Gasteiger partial charge in [-0.15, -0.1) is 0 Å². The van der Waals surface area contributed by atoms with Crippen LogP contribution in [0.25, 0.3) is 0 Å². The van der Waals surface area contributed by atoms with Gasteiger partial charge in [-0.2, -0.15) is 0 Å². The van der Waals surface area contributed by atoms with Crippen LogP contribution < -0.4 is 5.32 Å². The van der Waals surface area contributed by atoms with Gasteiger partial charge in [0, 0.05) is 29.2 Å². The summed E-state index contributed by atoms with van der Waals surface area (Å²) in [7, 11) is 0. The average molecular weight is 301 g/mol. The lowest BCUT2D eigenvalue weighted by molar-refractivity contribution is 0.170. The predicted molar refractivity (Wildman–Crippen MR) is 83.1 cm³/mol. The quantitative estimate of drug-likeness (QED) is 0.885. The first-order chi connectivity index (χ1) is 9.16. The van der Waals surface area contributed by atoms with E-state index in [1.165, 1.54) is 32.4 Å². The van der Waals surface area contributed by atoms with E-state index in [4.69, 9.17) is 23.2 Å². The van der Waals surface area contributed by atoms with Crippen molar-refractivity contribution in [3.63, 3.8) is 0 Å². The third kappa shape index (κ3) is 4.64. The second kappa shape index (κ2) is 7.49. The van der Waals surface area contributed by atoms with Crippen LogP contribution in [-0.2, 0) is 6.54 Å². The van der Waals surface area contributed by atoms with Crippen molar-refractivity contribution in [2.24, 2.45) is 0 Å². The summed E-state index contributed by atoms with van der Waals surface area (Å²) in [6.07, 6.45) is 4.07. The van der Waals surface area contributed by atoms with Crippen molar-refractivity contribution in [1.82, 2.24) is 10.2 Å². The van der Waals surface area contributed by atoms with Crippen LogP contribution in [-0.4, -0.2) is 30.6 Å². The number of nitrogens with zero attached hydrogens (tertiary/aromatic N) is 1. The fraction of sp³-hybridized carbons (Fsp3) is 0.600. The van der Waals surface area contributed by atoms with Gasteiger partial charge >= 0.3 is 0 Å². The first-order valence-corrected chi connectivity index (χ1v) is 7.81. The normalized spacial score (nSPS) is 18.5. The maximum Gasteiger partial charge on any atom is 0.0465 e. The van der Waals surface area contributed by atoms with Crippen LogP contribution in [0, 0.1) is 0 Å². The van der Waals surface area contributed by atoms with Crippen molar-refractivity contribution in [3.05, 3.63) is 33.8 Å². The van der Waals surface area contributed by atoms with Gasteiger partial charge in [0.05, 0.1) is 0 Å². The van der Waals surface area contributed by atoms with Crippen LogP contribution in [0.5, 0.6) is 0 Å². The lowest BCUT2D eigenvalue weighted by atomic mass is 10.1. The third-order valence-corrected chi connectivity index (χ3v) is 4.37. The van der Waals surface area contributed by atoms with Crippen LogP contribution in [0.2, 0.25) is 10.0 Å². The molecule has 1 fully saturated rings. The second-order valence-corrected chi connectivity index (χ2v) is 6.16. The van der Waals surface area contributed by atoms with Crippen molar-refractivity contribution < 1.29 is 0 Å². The van der Waals surface area contributed by atoms with Crippen molar-refractivity contribution in [2.75, 3.05) is 19.6 Å². The molecular weight excluding hydrogens is 279 g/mol. The lowest BCUT2D eigenvalue weighted by Gasteiger charge is -2.32. The predicted octanol–water partition coefficient (Wildman–Crippen LogP) is 3.96. The molecule has 0 radical (unpaired) electrons. The van der Waals surface area contributed by atoms with E-state index in [1.807, 2.05) is 12.1 Å². The molecule has 1 saturated heterocycles. The van der Waals surface area contributed by atoms with Gasteiger partial charge in [0.1, 0.15) is 0 Å². The number of rotatable bonds is 5. The molecule has 1 atom stereocenters. The van der Waals surface area contributed by atoms with Gasteiger partial charge in [0.15, 0.2) is 0 Å². The zero-order chi connectivity index (χ0) is 13.7. The summed E-state index contributed by atoms with van der Waals surface area (Å²) in [6, 6.07) is 6.27. The maximum atomic E-state index is 6.16. The smallest absolute Gasteiger partial charge is 0.0465 e. The van der Waals surface area contributed by atoms with Crippen LogP contribution >= 0.6 is 23.2 Å². The highest BCUT2D eigenvalue weighted by Gasteiger charge is 2.16. The van der Waals surface area contributed by atoms with E-state index in [1.54, 1.807) is 6.07 Å². The number of hydrogen-bond donors (Lipinski definition) is 1. The molecule has 1 unspecified atom stereocenters. The van der Waals surface area contributed by atoms with E-state index < -0.39 is 0 Å². The standard InChI is InChI=1S/C15H22Cl2N2/c1-12(19-7-3-2-4-8-19)10-18-11-13-5-6-14(16)9-15(13)17/h5-6,9,12,18H,2-4,7-8,10-11H2,1H3. The number of nitrogens with one attached hydrogen (secondary N) is 1. The summed E-state index contributed by atoms with van der Waals surface area (Å²) in [5, 5.41) is 4.92. The van der Waals surface area contributed by atoms with Crippen LogP contribution in [0.4, 0.5) is 0 Å². The van der Waals surface area contributed by atoms with E-state index in [9.17, 15) is 0 Å². The molecular formula is C15H22Cl2N2. The molecule has 1 aliphatic rings. The maximum absolute atomic E-state index is 6.16. The highest BCUT2D eigenvalue weighted by atomic mass is 35.5. The van der Waals surface area contributed by atoms with Crippen LogP contribution in [0.15, 0.2) is 18.2 Å². The highest BCUT2D eigenvalue weighted by Crippen LogP contribution is 2.20. The summed E-state index contributed by atoms with van der Waals surface area (Å²) in [5.41, 5.74) is 1.11. The summed E-state index contributed by atoms with van der Waals surface area (Å²) in [4.78, 5) is 2.57. The van der Waals surface area contributed by atoms with Gasteiger partial charge in [-0.1, -0.05) is 35.7 Å². The van der Waals surface area contributed by atoms with Gasteiger partial charge in [-0.3, -0.25) is 4.90 Å². The van der Waals surface area contributed by atoms with Gasteiger partial charge in [-0.25, -0.2) is 0 Å². The Morgan fingerprint density at radius 2 is 1.95 bits per heavy atom. The number of halogens is 2. The van der Waals surface area contributed by atoms with Crippen molar-refractivity contribution in [2.45, 2.75) is 38.8 Å². The van der Waals surface area contributed by atoms with E-state index in [-0.39, 0.29) is 0 Å². The summed E-state index contributed by atoms with van der Waals surface area (Å²) in [6.45, 7) is 6.57. The zero-order valence-corrected chi connectivity index (χ0v) is 13.0. The zero-order valence-electron chi connectivity index (χ0n) is 11.5. The Bertz CT molecular complexity index is 403. The molecule has 1 aliphatic heterocycles. The topological polar surface area (TPSA) is 15.3 Å². The molecule has 106 valence electrons. The summed E-state index contributed by atoms with van der Waals surface area (Å²) in [5.74, 6) is 0. The number of likely N-dealkylation sites (tertiary alicyclic amines) is 1. The Morgan fingerprint density at radius 1 is 1.21 bits per heavy atom. The Hall–Kier alpha value is -0.280. The average Bonchev–Trinajstić information content (AvgIpc) is 2.42. The number of benzene rings is 1. The van der Waals surface area contributed by atoms with Gasteiger partial charge in [-0.05, 0) is 50.6 Å². The fourth-order valence-electron chi connectivity index (χ4n) is 2.57. The molecule has 0 saturated carbocycles. The molecule has 1 heterocycles. The SMILES string of the molecule is CC(CNCc1ccc(Cl)cc1Cl)N1CCCCC1. The molecule has 1 aromatic carbocycles. The molecule has 1 aromatic rings. The number of piperidine rings is 1. The van der Waals surface area contributed by atoms with Crippen molar-refractivity contribution >= 4 is 23.2 Å². The highest BCUT2D eigenvalue weighted by molar-refractivity contribution is 6.35. The molecule has 2 rings (SSSR count). The molecule has 2 nitrogen and oxygen atoms in total. The van der Waals surface area contributed by atoms with E-state index in [0.29, 0.717) is 11.1 Å². The molecule has 0 spiro atoms. The minimum absolute atomic E-state index is 0.589.